The van der Waals surface area contributed by atoms with Crippen LogP contribution in [0, 0.1) is 12.8 Å². The van der Waals surface area contributed by atoms with E-state index in [2.05, 4.69) is 19.0 Å². The summed E-state index contributed by atoms with van der Waals surface area (Å²) in [5.41, 5.74) is 9.71. The van der Waals surface area contributed by atoms with Crippen molar-refractivity contribution in [2.24, 2.45) is 5.92 Å². The first-order valence-corrected chi connectivity index (χ1v) is 6.42. The minimum absolute atomic E-state index is 0.406. The van der Waals surface area contributed by atoms with E-state index in [4.69, 9.17) is 15.0 Å². The van der Waals surface area contributed by atoms with Gasteiger partial charge >= 0.3 is 0 Å². The molecule has 2 N–H and O–H groups in total. The van der Waals surface area contributed by atoms with Gasteiger partial charge in [-0.15, -0.1) is 0 Å². The van der Waals surface area contributed by atoms with E-state index in [0.29, 0.717) is 11.8 Å². The number of nitrogen functional groups attached to an aromatic ring is 1. The third-order valence-electron chi connectivity index (χ3n) is 3.11. The first-order valence-electron chi connectivity index (χ1n) is 6.42. The molecule has 102 valence electrons. The van der Waals surface area contributed by atoms with Crippen molar-refractivity contribution >= 4 is 5.88 Å². The van der Waals surface area contributed by atoms with Crippen LogP contribution in [-0.4, -0.2) is 12.3 Å². The van der Waals surface area contributed by atoms with Crippen LogP contribution in [0.2, 0.25) is 0 Å². The van der Waals surface area contributed by atoms with Gasteiger partial charge in [0.25, 0.3) is 0 Å². The lowest BCUT2D eigenvalue weighted by Gasteiger charge is -2.08. The summed E-state index contributed by atoms with van der Waals surface area (Å²) in [6.45, 7) is 6.30. The van der Waals surface area contributed by atoms with Gasteiger partial charge in [0.15, 0.2) is 0 Å². The first kappa shape index (κ1) is 13.5. The molecule has 1 aromatic carbocycles. The number of benzene rings is 1. The molecule has 4 heteroatoms. The highest BCUT2D eigenvalue weighted by Gasteiger charge is 2.17. The second-order valence-electron chi connectivity index (χ2n) is 5.16. The Morgan fingerprint density at radius 3 is 2.74 bits per heavy atom. The van der Waals surface area contributed by atoms with Crippen LogP contribution >= 0.6 is 0 Å². The predicted octanol–water partition coefficient (Wildman–Crippen LogP) is 3.44. The Morgan fingerprint density at radius 2 is 2.11 bits per heavy atom. The highest BCUT2D eigenvalue weighted by Crippen LogP contribution is 2.32. The predicted molar refractivity (Wildman–Crippen MR) is 76.2 cm³/mol. The molecule has 0 radical (unpaired) electrons. The molecule has 2 aromatic rings. The van der Waals surface area contributed by atoms with Crippen LogP contribution in [0.15, 0.2) is 22.7 Å². The maximum atomic E-state index is 5.87. The van der Waals surface area contributed by atoms with E-state index in [1.54, 1.807) is 7.11 Å². The van der Waals surface area contributed by atoms with Crippen molar-refractivity contribution < 1.29 is 9.26 Å². The number of ether oxygens (including phenoxy) is 1. The molecule has 0 aliphatic heterocycles. The number of anilines is 1. The molecule has 0 aliphatic carbocycles. The molecule has 0 saturated carbocycles. The lowest BCUT2D eigenvalue weighted by molar-refractivity contribution is 0.411. The molecular weight excluding hydrogens is 240 g/mol. The topological polar surface area (TPSA) is 61.3 Å². The lowest BCUT2D eigenvalue weighted by Crippen LogP contribution is -1.99. The number of hydrogen-bond acceptors (Lipinski definition) is 4. The highest BCUT2D eigenvalue weighted by atomic mass is 16.5. The van der Waals surface area contributed by atoms with Crippen LogP contribution in [0.4, 0.5) is 5.88 Å². The molecule has 0 amide bonds. The molecule has 0 unspecified atom stereocenters. The Kier molecular flexibility index (Phi) is 3.79. The summed E-state index contributed by atoms with van der Waals surface area (Å²) in [4.78, 5) is 0. The number of nitrogens with two attached hydrogens (primary N) is 1. The van der Waals surface area contributed by atoms with E-state index < -0.39 is 0 Å². The van der Waals surface area contributed by atoms with Crippen molar-refractivity contribution in [2.75, 3.05) is 12.8 Å². The van der Waals surface area contributed by atoms with E-state index >= 15 is 0 Å². The van der Waals surface area contributed by atoms with Gasteiger partial charge in [-0.2, -0.15) is 0 Å². The standard InChI is InChI=1S/C15H20N2O2/c1-9(2)7-12-14(17-19-15(12)16)11-6-5-10(3)13(8-11)18-4/h5-6,8-9H,7,16H2,1-4H3. The third-order valence-corrected chi connectivity index (χ3v) is 3.11. The zero-order chi connectivity index (χ0) is 14.0. The molecule has 4 nitrogen and oxygen atoms in total. The van der Waals surface area contributed by atoms with Gasteiger partial charge in [-0.25, -0.2) is 0 Å². The highest BCUT2D eigenvalue weighted by molar-refractivity contribution is 5.69. The molecule has 19 heavy (non-hydrogen) atoms. The van der Waals surface area contributed by atoms with Gasteiger partial charge in [-0.05, 0) is 30.9 Å². The van der Waals surface area contributed by atoms with E-state index in [-0.39, 0.29) is 0 Å². The number of rotatable bonds is 4. The number of methoxy groups -OCH3 is 1. The Bertz CT molecular complexity index is 574. The van der Waals surface area contributed by atoms with Crippen LogP contribution in [0.5, 0.6) is 5.75 Å². The fourth-order valence-corrected chi connectivity index (χ4v) is 2.12. The maximum absolute atomic E-state index is 5.87. The molecule has 0 atom stereocenters. The fourth-order valence-electron chi connectivity index (χ4n) is 2.12. The monoisotopic (exact) mass is 260 g/mol. The van der Waals surface area contributed by atoms with Gasteiger partial charge in [-0.1, -0.05) is 31.1 Å². The molecule has 0 fully saturated rings. The van der Waals surface area contributed by atoms with E-state index in [1.807, 2.05) is 25.1 Å². The van der Waals surface area contributed by atoms with Gasteiger partial charge in [0.1, 0.15) is 11.4 Å². The Labute approximate surface area is 113 Å². The summed E-state index contributed by atoms with van der Waals surface area (Å²) in [7, 11) is 1.66. The quantitative estimate of drug-likeness (QED) is 0.914. The average molecular weight is 260 g/mol. The molecule has 1 aromatic heterocycles. The zero-order valence-electron chi connectivity index (χ0n) is 11.9. The van der Waals surface area contributed by atoms with E-state index in [9.17, 15) is 0 Å². The largest absolute Gasteiger partial charge is 0.496 e. The number of hydrogen-bond donors (Lipinski definition) is 1. The zero-order valence-corrected chi connectivity index (χ0v) is 11.9. The van der Waals surface area contributed by atoms with Crippen LogP contribution in [-0.2, 0) is 6.42 Å². The molecule has 0 saturated heterocycles. The summed E-state index contributed by atoms with van der Waals surface area (Å²) in [5, 5.41) is 4.09. The summed E-state index contributed by atoms with van der Waals surface area (Å²) in [6.07, 6.45) is 0.848. The summed E-state index contributed by atoms with van der Waals surface area (Å²) < 4.78 is 10.5. The first-order chi connectivity index (χ1) is 9.02. The van der Waals surface area contributed by atoms with Gasteiger partial charge in [-0.3, -0.25) is 0 Å². The average Bonchev–Trinajstić information content (AvgIpc) is 2.71. The number of nitrogens with zero attached hydrogens (tertiary/aromatic N) is 1. The third kappa shape index (κ3) is 2.72. The maximum Gasteiger partial charge on any atom is 0.225 e. The Morgan fingerprint density at radius 1 is 1.37 bits per heavy atom. The van der Waals surface area contributed by atoms with E-state index in [0.717, 1.165) is 34.6 Å². The summed E-state index contributed by atoms with van der Waals surface area (Å²) >= 11 is 0. The molecule has 1 heterocycles. The van der Waals surface area contributed by atoms with Crippen LogP contribution in [0.25, 0.3) is 11.3 Å². The van der Waals surface area contributed by atoms with Gasteiger partial charge in [0.2, 0.25) is 5.88 Å². The van der Waals surface area contributed by atoms with Crippen LogP contribution < -0.4 is 10.5 Å². The van der Waals surface area contributed by atoms with Crippen molar-refractivity contribution in [2.45, 2.75) is 27.2 Å². The lowest BCUT2D eigenvalue weighted by atomic mass is 9.98. The molecule has 0 bridgehead atoms. The minimum Gasteiger partial charge on any atom is -0.496 e. The van der Waals surface area contributed by atoms with Gasteiger partial charge < -0.3 is 15.0 Å². The second kappa shape index (κ2) is 5.34. The fraction of sp³-hybridized carbons (Fsp3) is 0.400. The molecular formula is C15H20N2O2. The molecule has 0 aliphatic rings. The smallest absolute Gasteiger partial charge is 0.225 e. The van der Waals surface area contributed by atoms with Gasteiger partial charge in [0.05, 0.1) is 7.11 Å². The van der Waals surface area contributed by atoms with E-state index in [1.165, 1.54) is 0 Å². The normalized spacial score (nSPS) is 11.0. The number of aromatic nitrogens is 1. The van der Waals surface area contributed by atoms with Crippen molar-refractivity contribution in [3.63, 3.8) is 0 Å². The summed E-state index contributed by atoms with van der Waals surface area (Å²) in [5.74, 6) is 1.74. The molecule has 2 rings (SSSR count). The van der Waals surface area contributed by atoms with Crippen molar-refractivity contribution in [3.05, 3.63) is 29.3 Å². The van der Waals surface area contributed by atoms with Crippen molar-refractivity contribution in [1.82, 2.24) is 5.16 Å². The number of aryl methyl sites for hydroxylation is 1. The summed E-state index contributed by atoms with van der Waals surface area (Å²) in [6, 6.07) is 5.99. The second-order valence-corrected chi connectivity index (χ2v) is 5.16. The van der Waals surface area contributed by atoms with Crippen LogP contribution in [0.1, 0.15) is 25.0 Å². The Balaban J connectivity index is 2.47. The van der Waals surface area contributed by atoms with Crippen molar-refractivity contribution in [3.8, 4) is 17.0 Å². The molecule has 0 spiro atoms. The van der Waals surface area contributed by atoms with Gasteiger partial charge in [0, 0.05) is 11.1 Å². The van der Waals surface area contributed by atoms with Crippen molar-refractivity contribution in [1.29, 1.82) is 0 Å². The van der Waals surface area contributed by atoms with Crippen LogP contribution in [0.3, 0.4) is 0 Å². The SMILES string of the molecule is COc1cc(-c2noc(N)c2CC(C)C)ccc1C. The minimum atomic E-state index is 0.406. The Hall–Kier alpha value is -1.97.